The summed E-state index contributed by atoms with van der Waals surface area (Å²) >= 11 is 6.29. The van der Waals surface area contributed by atoms with Crippen LogP contribution in [0, 0.1) is 13.8 Å². The van der Waals surface area contributed by atoms with E-state index in [2.05, 4.69) is 17.0 Å². The minimum Gasteiger partial charge on any atom is -0.302 e. The summed E-state index contributed by atoms with van der Waals surface area (Å²) in [5.41, 5.74) is 2.41. The monoisotopic (exact) mass is 440 g/mol. The van der Waals surface area contributed by atoms with E-state index in [9.17, 15) is 9.59 Å². The topological polar surface area (TPSA) is 79.6 Å². The molecule has 9 heteroatoms. The van der Waals surface area contributed by atoms with Gasteiger partial charge in [0.1, 0.15) is 0 Å². The Morgan fingerprint density at radius 3 is 2.48 bits per heavy atom. The SMILES string of the molecule is CCCCn1c(-n2nc(C)cc2C)nc2c1c(=O)n(Cc1ccccc1Cl)c(=O)n2C. The van der Waals surface area contributed by atoms with Gasteiger partial charge in [0, 0.05) is 24.3 Å². The van der Waals surface area contributed by atoms with Crippen LogP contribution in [0.15, 0.2) is 39.9 Å². The molecular weight excluding hydrogens is 416 g/mol. The van der Waals surface area contributed by atoms with E-state index < -0.39 is 5.69 Å². The van der Waals surface area contributed by atoms with Crippen LogP contribution in [0.5, 0.6) is 0 Å². The molecule has 0 radical (unpaired) electrons. The molecule has 0 amide bonds. The van der Waals surface area contributed by atoms with Crippen molar-refractivity contribution in [1.29, 1.82) is 0 Å². The van der Waals surface area contributed by atoms with Gasteiger partial charge in [-0.1, -0.05) is 43.1 Å². The molecule has 162 valence electrons. The predicted octanol–water partition coefficient (Wildman–Crippen LogP) is 3.20. The van der Waals surface area contributed by atoms with Crippen molar-refractivity contribution in [3.63, 3.8) is 0 Å². The summed E-state index contributed by atoms with van der Waals surface area (Å²) < 4.78 is 6.25. The van der Waals surface area contributed by atoms with Gasteiger partial charge >= 0.3 is 5.69 Å². The number of benzene rings is 1. The zero-order valence-corrected chi connectivity index (χ0v) is 18.8. The molecule has 1 aromatic carbocycles. The van der Waals surface area contributed by atoms with Gasteiger partial charge in [-0.25, -0.2) is 9.48 Å². The summed E-state index contributed by atoms with van der Waals surface area (Å²) in [6.07, 6.45) is 1.82. The Morgan fingerprint density at radius 2 is 1.84 bits per heavy atom. The van der Waals surface area contributed by atoms with Crippen molar-refractivity contribution in [2.45, 2.75) is 46.7 Å². The number of unbranched alkanes of at least 4 members (excludes halogenated alkanes) is 1. The van der Waals surface area contributed by atoms with E-state index in [1.165, 1.54) is 9.13 Å². The van der Waals surface area contributed by atoms with E-state index in [-0.39, 0.29) is 12.1 Å². The van der Waals surface area contributed by atoms with Gasteiger partial charge in [-0.15, -0.1) is 0 Å². The molecular formula is C22H25ClN6O2. The van der Waals surface area contributed by atoms with Gasteiger partial charge in [0.2, 0.25) is 5.95 Å². The molecule has 0 atom stereocenters. The number of imidazole rings is 1. The molecule has 0 saturated carbocycles. The van der Waals surface area contributed by atoms with Gasteiger partial charge in [0.05, 0.1) is 12.2 Å². The second-order valence-electron chi connectivity index (χ2n) is 7.75. The van der Waals surface area contributed by atoms with Crippen molar-refractivity contribution in [3.8, 4) is 5.95 Å². The van der Waals surface area contributed by atoms with Crippen molar-refractivity contribution >= 4 is 22.8 Å². The van der Waals surface area contributed by atoms with Gasteiger partial charge < -0.3 is 4.57 Å². The average molecular weight is 441 g/mol. The van der Waals surface area contributed by atoms with E-state index in [0.717, 1.165) is 24.2 Å². The number of aromatic nitrogens is 6. The molecule has 3 heterocycles. The lowest BCUT2D eigenvalue weighted by Crippen LogP contribution is -2.40. The molecule has 4 rings (SSSR count). The van der Waals surface area contributed by atoms with E-state index in [1.807, 2.05) is 42.7 Å². The largest absolute Gasteiger partial charge is 0.332 e. The van der Waals surface area contributed by atoms with Gasteiger partial charge in [-0.3, -0.25) is 13.9 Å². The van der Waals surface area contributed by atoms with Gasteiger partial charge in [-0.2, -0.15) is 10.1 Å². The van der Waals surface area contributed by atoms with Crippen LogP contribution in [0.1, 0.15) is 36.7 Å². The van der Waals surface area contributed by atoms with E-state index in [1.54, 1.807) is 17.8 Å². The van der Waals surface area contributed by atoms with Crippen molar-refractivity contribution < 1.29 is 0 Å². The molecule has 0 N–H and O–H groups in total. The first-order valence-corrected chi connectivity index (χ1v) is 10.7. The third kappa shape index (κ3) is 3.61. The summed E-state index contributed by atoms with van der Waals surface area (Å²) in [5.74, 6) is 0.539. The maximum atomic E-state index is 13.6. The van der Waals surface area contributed by atoms with Crippen LogP contribution >= 0.6 is 11.6 Å². The van der Waals surface area contributed by atoms with Crippen LogP contribution in [0.25, 0.3) is 17.1 Å². The number of aryl methyl sites for hydroxylation is 4. The molecule has 3 aromatic heterocycles. The van der Waals surface area contributed by atoms with E-state index in [4.69, 9.17) is 11.6 Å². The standard InChI is InChI=1S/C22H25ClN6O2/c1-5-6-11-27-18-19(24-21(27)29-15(3)12-14(2)25-29)26(4)22(31)28(20(18)30)13-16-9-7-8-10-17(16)23/h7-10,12H,5-6,11,13H2,1-4H3. The minimum absolute atomic E-state index is 0.0926. The molecule has 0 fully saturated rings. The summed E-state index contributed by atoms with van der Waals surface area (Å²) in [6.45, 7) is 6.64. The second-order valence-corrected chi connectivity index (χ2v) is 8.16. The van der Waals surface area contributed by atoms with Crippen LogP contribution in [-0.4, -0.2) is 28.5 Å². The fourth-order valence-electron chi connectivity index (χ4n) is 3.82. The zero-order chi connectivity index (χ0) is 22.3. The number of nitrogens with zero attached hydrogens (tertiary/aromatic N) is 6. The maximum Gasteiger partial charge on any atom is 0.332 e. The van der Waals surface area contributed by atoms with Crippen molar-refractivity contribution in [1.82, 2.24) is 28.5 Å². The molecule has 0 spiro atoms. The smallest absolute Gasteiger partial charge is 0.302 e. The number of rotatable bonds is 6. The molecule has 0 bridgehead atoms. The Labute approximate surface area is 184 Å². The van der Waals surface area contributed by atoms with Crippen molar-refractivity contribution in [2.75, 3.05) is 0 Å². The summed E-state index contributed by atoms with van der Waals surface area (Å²) in [6, 6.07) is 9.17. The lowest BCUT2D eigenvalue weighted by atomic mass is 10.2. The Bertz CT molecular complexity index is 1390. The van der Waals surface area contributed by atoms with E-state index >= 15 is 0 Å². The average Bonchev–Trinajstić information content (AvgIpc) is 3.28. The highest BCUT2D eigenvalue weighted by Gasteiger charge is 2.22. The highest BCUT2D eigenvalue weighted by molar-refractivity contribution is 6.31. The molecule has 0 aliphatic rings. The normalized spacial score (nSPS) is 11.5. The Morgan fingerprint density at radius 1 is 1.10 bits per heavy atom. The minimum atomic E-state index is -0.433. The first kappa shape index (κ1) is 21.1. The molecule has 0 aliphatic carbocycles. The van der Waals surface area contributed by atoms with E-state index in [0.29, 0.717) is 34.2 Å². The molecule has 0 aliphatic heterocycles. The fraction of sp³-hybridized carbons (Fsp3) is 0.364. The fourth-order valence-corrected chi connectivity index (χ4v) is 4.01. The lowest BCUT2D eigenvalue weighted by molar-refractivity contribution is 0.605. The number of hydrogen-bond donors (Lipinski definition) is 0. The summed E-state index contributed by atoms with van der Waals surface area (Å²) in [7, 11) is 1.63. The molecule has 0 unspecified atom stereocenters. The molecule has 0 saturated heterocycles. The Hall–Kier alpha value is -3.13. The van der Waals surface area contributed by atoms with Crippen molar-refractivity contribution in [3.05, 3.63) is 73.1 Å². The van der Waals surface area contributed by atoms with Crippen LogP contribution in [0.4, 0.5) is 0 Å². The summed E-state index contributed by atoms with van der Waals surface area (Å²) in [5, 5.41) is 5.06. The highest BCUT2D eigenvalue weighted by Crippen LogP contribution is 2.19. The Kier molecular flexibility index (Phi) is 5.58. The van der Waals surface area contributed by atoms with Gasteiger partial charge in [0.25, 0.3) is 5.56 Å². The van der Waals surface area contributed by atoms with Crippen LogP contribution in [-0.2, 0) is 20.1 Å². The third-order valence-corrected chi connectivity index (χ3v) is 5.80. The zero-order valence-electron chi connectivity index (χ0n) is 18.1. The summed E-state index contributed by atoms with van der Waals surface area (Å²) in [4.78, 5) is 31.3. The molecule has 4 aromatic rings. The molecule has 8 nitrogen and oxygen atoms in total. The highest BCUT2D eigenvalue weighted by atomic mass is 35.5. The van der Waals surface area contributed by atoms with Crippen LogP contribution < -0.4 is 11.2 Å². The lowest BCUT2D eigenvalue weighted by Gasteiger charge is -2.12. The number of fused-ring (bicyclic) bond motifs is 1. The molecule has 31 heavy (non-hydrogen) atoms. The first-order chi connectivity index (χ1) is 14.8. The number of halogens is 1. The quantitative estimate of drug-likeness (QED) is 0.461. The van der Waals surface area contributed by atoms with Gasteiger partial charge in [-0.05, 0) is 38.0 Å². The maximum absolute atomic E-state index is 13.6. The van der Waals surface area contributed by atoms with Gasteiger partial charge in [0.15, 0.2) is 11.2 Å². The van der Waals surface area contributed by atoms with Crippen molar-refractivity contribution in [2.24, 2.45) is 7.05 Å². The third-order valence-electron chi connectivity index (χ3n) is 5.43. The first-order valence-electron chi connectivity index (χ1n) is 10.3. The van der Waals surface area contributed by atoms with Crippen LogP contribution in [0.3, 0.4) is 0 Å². The van der Waals surface area contributed by atoms with Crippen LogP contribution in [0.2, 0.25) is 5.02 Å². The predicted molar refractivity (Wildman–Crippen MR) is 121 cm³/mol. The Balaban J connectivity index is 2.01. The number of hydrogen-bond acceptors (Lipinski definition) is 4. The second kappa shape index (κ2) is 8.19.